The third-order valence-corrected chi connectivity index (χ3v) is 8.62. The molecule has 2 aliphatic rings. The van der Waals surface area contributed by atoms with Crippen LogP contribution < -0.4 is 4.74 Å². The summed E-state index contributed by atoms with van der Waals surface area (Å²) in [4.78, 5) is 24.2. The Morgan fingerprint density at radius 1 is 1.11 bits per heavy atom. The molecular formula is C26H30N2O6S. The van der Waals surface area contributed by atoms with Gasteiger partial charge in [0, 0.05) is 19.5 Å². The first-order valence-corrected chi connectivity index (χ1v) is 14.1. The first-order valence-electron chi connectivity index (χ1n) is 12.2. The highest BCUT2D eigenvalue weighted by Crippen LogP contribution is 2.37. The molecule has 0 bridgehead atoms. The van der Waals surface area contributed by atoms with E-state index in [2.05, 4.69) is 5.16 Å². The van der Waals surface area contributed by atoms with Crippen molar-refractivity contribution >= 4 is 43.3 Å². The lowest BCUT2D eigenvalue weighted by atomic mass is 9.83. The Labute approximate surface area is 204 Å². The van der Waals surface area contributed by atoms with Gasteiger partial charge in [-0.3, -0.25) is 9.59 Å². The van der Waals surface area contributed by atoms with Crippen molar-refractivity contribution in [2.75, 3.05) is 26.0 Å². The third kappa shape index (κ3) is 5.11. The molecule has 3 aromatic rings. The normalized spacial score (nSPS) is 20.7. The molecule has 9 heteroatoms. The fourth-order valence-electron chi connectivity index (χ4n) is 5.35. The summed E-state index contributed by atoms with van der Waals surface area (Å²) in [5.41, 5.74) is 1.26. The third-order valence-electron chi connectivity index (χ3n) is 7.32. The van der Waals surface area contributed by atoms with Crippen molar-refractivity contribution in [3.05, 3.63) is 36.0 Å². The highest BCUT2D eigenvalue weighted by atomic mass is 32.2. The number of piperidine rings is 1. The quantitative estimate of drug-likeness (QED) is 0.355. The highest BCUT2D eigenvalue weighted by molar-refractivity contribution is 7.88. The number of Topliss-reactive ketones (excluding diaryl/α,β-unsaturated/α-hetero) is 2. The second-order valence-electron chi connectivity index (χ2n) is 9.76. The Bertz CT molecular complexity index is 1370. The van der Waals surface area contributed by atoms with Gasteiger partial charge in [0.2, 0.25) is 10.0 Å². The van der Waals surface area contributed by atoms with Crippen LogP contribution in [0.1, 0.15) is 56.6 Å². The summed E-state index contributed by atoms with van der Waals surface area (Å²) in [6, 6.07) is 9.71. The van der Waals surface area contributed by atoms with E-state index in [9.17, 15) is 18.0 Å². The van der Waals surface area contributed by atoms with Crippen LogP contribution in [0.3, 0.4) is 0 Å². The van der Waals surface area contributed by atoms with E-state index in [-0.39, 0.29) is 18.0 Å². The van der Waals surface area contributed by atoms with Crippen molar-refractivity contribution in [3.8, 4) is 5.75 Å². The summed E-state index contributed by atoms with van der Waals surface area (Å²) in [6.07, 6.45) is 5.85. The maximum atomic E-state index is 12.5. The number of hydrogen-bond acceptors (Lipinski definition) is 7. The lowest BCUT2D eigenvalue weighted by molar-refractivity contribution is -0.130. The average molecular weight is 499 g/mol. The number of carbonyl (C=O) groups excluding carboxylic acids is 2. The van der Waals surface area contributed by atoms with E-state index in [0.29, 0.717) is 49.7 Å². The SMILES string of the molecule is CS(=O)(=O)N1CCC(CCCOc2ccc3c(ccc4onc(C5CCC(=O)CC5=O)c43)c2)CC1. The van der Waals surface area contributed by atoms with Crippen molar-refractivity contribution < 1.29 is 27.3 Å². The molecule has 1 saturated carbocycles. The first kappa shape index (κ1) is 23.9. The van der Waals surface area contributed by atoms with E-state index in [1.807, 2.05) is 30.3 Å². The number of carbonyl (C=O) groups is 2. The molecule has 1 atom stereocenters. The molecule has 5 rings (SSSR count). The number of fused-ring (bicyclic) bond motifs is 3. The zero-order valence-electron chi connectivity index (χ0n) is 19.9. The Morgan fingerprint density at radius 2 is 1.91 bits per heavy atom. The average Bonchev–Trinajstić information content (AvgIpc) is 3.26. The smallest absolute Gasteiger partial charge is 0.211 e. The van der Waals surface area contributed by atoms with E-state index in [1.54, 1.807) is 4.31 Å². The second kappa shape index (κ2) is 9.70. The van der Waals surface area contributed by atoms with Gasteiger partial charge in [-0.15, -0.1) is 0 Å². The van der Waals surface area contributed by atoms with Gasteiger partial charge < -0.3 is 9.26 Å². The summed E-state index contributed by atoms with van der Waals surface area (Å²) in [6.45, 7) is 1.82. The first-order chi connectivity index (χ1) is 16.8. The Morgan fingerprint density at radius 3 is 2.66 bits per heavy atom. The van der Waals surface area contributed by atoms with E-state index >= 15 is 0 Å². The molecule has 186 valence electrons. The molecule has 1 aliphatic carbocycles. The monoisotopic (exact) mass is 498 g/mol. The number of ketones is 2. The molecule has 2 fully saturated rings. The van der Waals surface area contributed by atoms with Gasteiger partial charge in [0.05, 0.1) is 30.6 Å². The van der Waals surface area contributed by atoms with E-state index in [1.165, 1.54) is 6.26 Å². The van der Waals surface area contributed by atoms with Crippen molar-refractivity contribution in [1.82, 2.24) is 9.46 Å². The molecule has 35 heavy (non-hydrogen) atoms. The zero-order valence-corrected chi connectivity index (χ0v) is 20.7. The molecule has 8 nitrogen and oxygen atoms in total. The van der Waals surface area contributed by atoms with Crippen LogP contribution in [-0.2, 0) is 19.6 Å². The van der Waals surface area contributed by atoms with E-state index in [4.69, 9.17) is 9.26 Å². The van der Waals surface area contributed by atoms with Crippen LogP contribution >= 0.6 is 0 Å². The lowest BCUT2D eigenvalue weighted by Gasteiger charge is -2.30. The molecule has 0 N–H and O–H groups in total. The minimum absolute atomic E-state index is 0.00920. The van der Waals surface area contributed by atoms with Gasteiger partial charge in [-0.25, -0.2) is 12.7 Å². The maximum Gasteiger partial charge on any atom is 0.211 e. The fourth-order valence-corrected chi connectivity index (χ4v) is 6.23. The molecule has 1 unspecified atom stereocenters. The van der Waals surface area contributed by atoms with Gasteiger partial charge in [-0.2, -0.15) is 0 Å². The Hall–Kier alpha value is -2.78. The fraction of sp³-hybridized carbons (Fsp3) is 0.500. The van der Waals surface area contributed by atoms with Gasteiger partial charge in [0.15, 0.2) is 5.58 Å². The van der Waals surface area contributed by atoms with Gasteiger partial charge >= 0.3 is 0 Å². The predicted molar refractivity (Wildman–Crippen MR) is 132 cm³/mol. The minimum Gasteiger partial charge on any atom is -0.494 e. The van der Waals surface area contributed by atoms with Crippen molar-refractivity contribution in [2.45, 2.75) is 50.9 Å². The maximum absolute atomic E-state index is 12.5. The standard InChI is InChI=1S/C26H30N2O6S/c1-35(31,32)28-12-10-17(11-13-28)3-2-14-33-20-6-8-21-18(15-20)4-9-24-25(21)26(27-34-24)22-7-5-19(29)16-23(22)30/h4,6,8-9,15,17,22H,2-3,5,7,10-14,16H2,1H3. The summed E-state index contributed by atoms with van der Waals surface area (Å²) in [7, 11) is -3.08. The second-order valence-corrected chi connectivity index (χ2v) is 11.7. The number of nitrogens with zero attached hydrogens (tertiary/aromatic N) is 2. The summed E-state index contributed by atoms with van der Waals surface area (Å²) in [5, 5.41) is 6.98. The van der Waals surface area contributed by atoms with Crippen LogP contribution in [0.4, 0.5) is 0 Å². The zero-order chi connectivity index (χ0) is 24.6. The lowest BCUT2D eigenvalue weighted by Crippen LogP contribution is -2.37. The molecule has 0 amide bonds. The van der Waals surface area contributed by atoms with Gasteiger partial charge in [-0.1, -0.05) is 11.2 Å². The number of hydrogen-bond donors (Lipinski definition) is 0. The van der Waals surface area contributed by atoms with Crippen molar-refractivity contribution in [1.29, 1.82) is 0 Å². The van der Waals surface area contributed by atoms with E-state index < -0.39 is 15.9 Å². The summed E-state index contributed by atoms with van der Waals surface area (Å²) >= 11 is 0. The summed E-state index contributed by atoms with van der Waals surface area (Å²) in [5.74, 6) is 0.813. The molecule has 1 aliphatic heterocycles. The largest absolute Gasteiger partial charge is 0.494 e. The van der Waals surface area contributed by atoms with Crippen molar-refractivity contribution in [3.63, 3.8) is 0 Å². The molecular weight excluding hydrogens is 468 g/mol. The van der Waals surface area contributed by atoms with E-state index in [0.717, 1.165) is 47.6 Å². The number of benzene rings is 2. The Balaban J connectivity index is 1.23. The molecule has 1 saturated heterocycles. The number of ether oxygens (including phenoxy) is 1. The van der Waals surface area contributed by atoms with Gasteiger partial charge in [-0.05, 0) is 73.1 Å². The van der Waals surface area contributed by atoms with Crippen LogP contribution in [0.25, 0.3) is 21.7 Å². The van der Waals surface area contributed by atoms with Gasteiger partial charge in [0.1, 0.15) is 23.0 Å². The number of aromatic nitrogens is 1. The minimum atomic E-state index is -3.08. The number of rotatable bonds is 7. The van der Waals surface area contributed by atoms with Crippen molar-refractivity contribution in [2.24, 2.45) is 5.92 Å². The predicted octanol–water partition coefficient (Wildman–Crippen LogP) is 4.22. The molecule has 0 spiro atoms. The molecule has 2 aromatic carbocycles. The Kier molecular flexibility index (Phi) is 6.63. The van der Waals surface area contributed by atoms with Gasteiger partial charge in [0.25, 0.3) is 0 Å². The highest BCUT2D eigenvalue weighted by Gasteiger charge is 2.32. The van der Waals surface area contributed by atoms with Crippen LogP contribution in [0.15, 0.2) is 34.9 Å². The molecule has 1 aromatic heterocycles. The topological polar surface area (TPSA) is 107 Å². The van der Waals surface area contributed by atoms with Crippen LogP contribution in [0.5, 0.6) is 5.75 Å². The summed E-state index contributed by atoms with van der Waals surface area (Å²) < 4.78 is 36.4. The van der Waals surface area contributed by atoms with Crippen LogP contribution in [0.2, 0.25) is 0 Å². The van der Waals surface area contributed by atoms with Crippen LogP contribution in [-0.4, -0.2) is 55.4 Å². The molecule has 2 heterocycles. The molecule has 0 radical (unpaired) electrons. The number of sulfonamides is 1. The van der Waals surface area contributed by atoms with Crippen LogP contribution in [0, 0.1) is 5.92 Å².